The van der Waals surface area contributed by atoms with Crippen LogP contribution in [-0.4, -0.2) is 53.2 Å². The zero-order chi connectivity index (χ0) is 28.1. The Bertz CT molecular complexity index is 1080. The van der Waals surface area contributed by atoms with Crippen LogP contribution in [-0.2, 0) is 20.8 Å². The number of carboxylic acids is 2. The van der Waals surface area contributed by atoms with Gasteiger partial charge in [0.25, 0.3) is 0 Å². The summed E-state index contributed by atoms with van der Waals surface area (Å²) in [6.45, 7) is 7.44. The minimum atomic E-state index is -1.04. The van der Waals surface area contributed by atoms with Crippen LogP contribution < -0.4 is 21.3 Å². The molecule has 206 valence electrons. The van der Waals surface area contributed by atoms with E-state index in [1.54, 1.807) is 24.3 Å². The fourth-order valence-corrected chi connectivity index (χ4v) is 3.90. The second-order valence-electron chi connectivity index (χ2n) is 9.72. The molecule has 1 heterocycles. The Kier molecular flexibility index (Phi) is 12.2. The molecule has 0 spiro atoms. The second-order valence-corrected chi connectivity index (χ2v) is 9.72. The summed E-state index contributed by atoms with van der Waals surface area (Å²) in [4.78, 5) is 45.9. The van der Waals surface area contributed by atoms with Crippen molar-refractivity contribution in [2.24, 2.45) is 11.8 Å². The summed E-state index contributed by atoms with van der Waals surface area (Å²) in [6.07, 6.45) is 2.02. The van der Waals surface area contributed by atoms with Gasteiger partial charge in [0.15, 0.2) is 0 Å². The number of piperidine rings is 1. The van der Waals surface area contributed by atoms with Crippen LogP contribution in [0.2, 0.25) is 0 Å². The number of para-hydroxylation sites is 1. The van der Waals surface area contributed by atoms with Gasteiger partial charge in [0.1, 0.15) is 6.04 Å². The molecule has 10 heteroatoms. The zero-order valence-corrected chi connectivity index (χ0v) is 22.1. The van der Waals surface area contributed by atoms with Gasteiger partial charge in [-0.3, -0.25) is 9.59 Å². The molecular formula is C28H38N4O6. The van der Waals surface area contributed by atoms with E-state index in [0.29, 0.717) is 12.1 Å². The van der Waals surface area contributed by atoms with Crippen molar-refractivity contribution < 1.29 is 29.4 Å². The van der Waals surface area contributed by atoms with Gasteiger partial charge in [-0.15, -0.1) is 0 Å². The van der Waals surface area contributed by atoms with E-state index in [1.165, 1.54) is 0 Å². The number of aliphatic carboxylic acids is 2. The van der Waals surface area contributed by atoms with Gasteiger partial charge in [0.05, 0.1) is 12.3 Å². The first-order valence-electron chi connectivity index (χ1n) is 12.7. The summed E-state index contributed by atoms with van der Waals surface area (Å²) in [5.41, 5.74) is 3.00. The molecule has 3 rings (SSSR count). The minimum Gasteiger partial charge on any atom is -0.481 e. The molecule has 2 aromatic carbocycles. The molecule has 0 radical (unpaired) electrons. The van der Waals surface area contributed by atoms with Gasteiger partial charge in [-0.05, 0) is 74.5 Å². The van der Waals surface area contributed by atoms with Crippen LogP contribution in [0.3, 0.4) is 0 Å². The Morgan fingerprint density at radius 2 is 1.58 bits per heavy atom. The molecule has 1 fully saturated rings. The summed E-state index contributed by atoms with van der Waals surface area (Å²) >= 11 is 0. The lowest BCUT2D eigenvalue weighted by Crippen LogP contribution is -2.42. The van der Waals surface area contributed by atoms with Crippen molar-refractivity contribution in [1.29, 1.82) is 0 Å². The first-order valence-corrected chi connectivity index (χ1v) is 12.7. The van der Waals surface area contributed by atoms with E-state index in [1.807, 2.05) is 45.0 Å². The summed E-state index contributed by atoms with van der Waals surface area (Å²) in [5.74, 6) is -1.96. The third kappa shape index (κ3) is 11.0. The molecule has 3 amide bonds. The van der Waals surface area contributed by atoms with E-state index in [0.717, 1.165) is 42.7 Å². The molecule has 2 aromatic rings. The maximum atomic E-state index is 12.2. The molecule has 38 heavy (non-hydrogen) atoms. The Morgan fingerprint density at radius 1 is 0.947 bits per heavy atom. The van der Waals surface area contributed by atoms with Gasteiger partial charge < -0.3 is 31.5 Å². The van der Waals surface area contributed by atoms with Gasteiger partial charge in [-0.25, -0.2) is 9.59 Å². The van der Waals surface area contributed by atoms with Crippen LogP contribution in [0.4, 0.5) is 16.2 Å². The molecule has 0 unspecified atom stereocenters. The number of benzene rings is 2. The van der Waals surface area contributed by atoms with Crippen molar-refractivity contribution in [2.45, 2.75) is 52.5 Å². The molecule has 10 nitrogen and oxygen atoms in total. The Morgan fingerprint density at radius 3 is 2.11 bits per heavy atom. The number of carboxylic acid groups (broad SMARTS) is 2. The normalized spacial score (nSPS) is 14.0. The van der Waals surface area contributed by atoms with E-state index in [2.05, 4.69) is 21.3 Å². The van der Waals surface area contributed by atoms with Gasteiger partial charge >= 0.3 is 18.0 Å². The van der Waals surface area contributed by atoms with Crippen LogP contribution in [0.25, 0.3) is 0 Å². The van der Waals surface area contributed by atoms with Gasteiger partial charge in [0.2, 0.25) is 5.91 Å². The summed E-state index contributed by atoms with van der Waals surface area (Å²) in [6, 6.07) is 13.1. The summed E-state index contributed by atoms with van der Waals surface area (Å²) in [7, 11) is 0. The van der Waals surface area contributed by atoms with E-state index < -0.39 is 18.0 Å². The predicted molar refractivity (Wildman–Crippen MR) is 146 cm³/mol. The number of carbonyl (C=O) groups is 4. The molecule has 6 N–H and O–H groups in total. The number of anilines is 2. The quantitative estimate of drug-likeness (QED) is 0.290. The number of rotatable bonds is 9. The molecular weight excluding hydrogens is 488 g/mol. The summed E-state index contributed by atoms with van der Waals surface area (Å²) in [5, 5.41) is 28.9. The number of aryl methyl sites for hydroxylation is 1. The third-order valence-corrected chi connectivity index (χ3v) is 6.00. The van der Waals surface area contributed by atoms with Crippen LogP contribution in [0, 0.1) is 18.8 Å². The predicted octanol–water partition coefficient (Wildman–Crippen LogP) is 3.87. The highest BCUT2D eigenvalue weighted by Crippen LogP contribution is 2.15. The Hall–Kier alpha value is -3.92. The first-order chi connectivity index (χ1) is 18.0. The molecule has 1 aliphatic heterocycles. The lowest BCUT2D eigenvalue weighted by molar-refractivity contribution is -0.143. The molecule has 1 saturated heterocycles. The first kappa shape index (κ1) is 30.3. The van der Waals surface area contributed by atoms with Crippen molar-refractivity contribution in [2.75, 3.05) is 23.7 Å². The van der Waals surface area contributed by atoms with E-state index in [4.69, 9.17) is 5.11 Å². The number of amides is 3. The Balaban J connectivity index is 0.000000474. The minimum absolute atomic E-state index is 0.0670. The SMILES string of the molecule is Cc1ccccc1NC(=O)Nc1ccc(CC(=O)N[C@@H](CC(C)C)C(=O)O)cc1.O=C(O)C1CCNCC1. The van der Waals surface area contributed by atoms with E-state index in [9.17, 15) is 24.3 Å². The fourth-order valence-electron chi connectivity index (χ4n) is 3.90. The van der Waals surface area contributed by atoms with E-state index in [-0.39, 0.29) is 30.2 Å². The smallest absolute Gasteiger partial charge is 0.326 e. The van der Waals surface area contributed by atoms with Crippen LogP contribution in [0.5, 0.6) is 0 Å². The lowest BCUT2D eigenvalue weighted by Gasteiger charge is -2.17. The highest BCUT2D eigenvalue weighted by atomic mass is 16.4. The Labute approximate surface area is 223 Å². The van der Waals surface area contributed by atoms with Crippen LogP contribution in [0.1, 0.15) is 44.2 Å². The number of carbonyl (C=O) groups excluding carboxylic acids is 2. The zero-order valence-electron chi connectivity index (χ0n) is 22.1. The van der Waals surface area contributed by atoms with Crippen molar-refractivity contribution in [3.63, 3.8) is 0 Å². The topological polar surface area (TPSA) is 157 Å². The largest absolute Gasteiger partial charge is 0.481 e. The number of nitrogens with one attached hydrogen (secondary N) is 4. The molecule has 0 bridgehead atoms. The molecule has 1 atom stereocenters. The molecule has 0 aliphatic carbocycles. The maximum absolute atomic E-state index is 12.2. The monoisotopic (exact) mass is 526 g/mol. The van der Waals surface area contributed by atoms with Crippen LogP contribution in [0.15, 0.2) is 48.5 Å². The fraction of sp³-hybridized carbons (Fsp3) is 0.429. The van der Waals surface area contributed by atoms with Crippen molar-refractivity contribution in [1.82, 2.24) is 10.6 Å². The average molecular weight is 527 g/mol. The van der Waals surface area contributed by atoms with Crippen molar-refractivity contribution >= 4 is 35.3 Å². The van der Waals surface area contributed by atoms with Gasteiger partial charge in [-0.1, -0.05) is 44.2 Å². The van der Waals surface area contributed by atoms with E-state index >= 15 is 0 Å². The number of urea groups is 1. The van der Waals surface area contributed by atoms with Crippen molar-refractivity contribution in [3.8, 4) is 0 Å². The van der Waals surface area contributed by atoms with Gasteiger partial charge in [-0.2, -0.15) is 0 Å². The van der Waals surface area contributed by atoms with Crippen molar-refractivity contribution in [3.05, 3.63) is 59.7 Å². The number of hydrogen-bond donors (Lipinski definition) is 6. The molecule has 1 aliphatic rings. The number of hydrogen-bond acceptors (Lipinski definition) is 5. The highest BCUT2D eigenvalue weighted by molar-refractivity contribution is 6.00. The lowest BCUT2D eigenvalue weighted by atomic mass is 9.99. The summed E-state index contributed by atoms with van der Waals surface area (Å²) < 4.78 is 0. The highest BCUT2D eigenvalue weighted by Gasteiger charge is 2.21. The average Bonchev–Trinajstić information content (AvgIpc) is 2.87. The molecule has 0 aromatic heterocycles. The third-order valence-electron chi connectivity index (χ3n) is 6.00. The maximum Gasteiger partial charge on any atom is 0.326 e. The molecule has 0 saturated carbocycles. The van der Waals surface area contributed by atoms with Crippen LogP contribution >= 0.6 is 0 Å². The standard InChI is InChI=1S/C22H27N3O4.C6H11NO2/c1-14(2)12-19(21(27)28)24-20(26)13-16-8-10-17(11-9-16)23-22(29)25-18-7-5-4-6-15(18)3;8-6(9)5-1-3-7-4-2-5/h4-11,14,19H,12-13H2,1-3H3,(H,24,26)(H,27,28)(H2,23,25,29);5,7H,1-4H2,(H,8,9)/t19-;/m0./s1. The van der Waals surface area contributed by atoms with Gasteiger partial charge in [0, 0.05) is 11.4 Å². The second kappa shape index (κ2) is 15.4.